The lowest BCUT2D eigenvalue weighted by Gasteiger charge is -2.18. The molecule has 160 valence electrons. The topological polar surface area (TPSA) is 64.0 Å². The SMILES string of the molecule is O=C(CC(c1ccccc1)c1ccccc1)NCCn1nc(-c2ccccc2)ccc1=O. The van der Waals surface area contributed by atoms with Crippen LogP contribution < -0.4 is 10.9 Å². The molecule has 0 aliphatic heterocycles. The Hall–Kier alpha value is -3.99. The molecule has 1 heterocycles. The van der Waals surface area contributed by atoms with Gasteiger partial charge in [0.2, 0.25) is 5.91 Å². The van der Waals surface area contributed by atoms with E-state index < -0.39 is 0 Å². The van der Waals surface area contributed by atoms with Gasteiger partial charge < -0.3 is 5.32 Å². The maximum absolute atomic E-state index is 12.7. The van der Waals surface area contributed by atoms with E-state index in [4.69, 9.17) is 0 Å². The second-order valence-electron chi connectivity index (χ2n) is 7.57. The van der Waals surface area contributed by atoms with Gasteiger partial charge in [0.05, 0.1) is 12.2 Å². The Balaban J connectivity index is 1.41. The smallest absolute Gasteiger partial charge is 0.266 e. The van der Waals surface area contributed by atoms with E-state index in [1.807, 2.05) is 91.0 Å². The molecule has 4 aromatic rings. The minimum Gasteiger partial charge on any atom is -0.354 e. The van der Waals surface area contributed by atoms with Gasteiger partial charge >= 0.3 is 0 Å². The molecular formula is C27H25N3O2. The molecule has 4 rings (SSSR count). The lowest BCUT2D eigenvalue weighted by atomic mass is 9.88. The average molecular weight is 424 g/mol. The average Bonchev–Trinajstić information content (AvgIpc) is 2.85. The zero-order valence-corrected chi connectivity index (χ0v) is 17.7. The molecule has 0 radical (unpaired) electrons. The van der Waals surface area contributed by atoms with Gasteiger partial charge in [0.15, 0.2) is 0 Å². The maximum atomic E-state index is 12.7. The normalized spacial score (nSPS) is 10.8. The standard InChI is InChI=1S/C27H25N3O2/c31-26(20-24(21-10-4-1-5-11-21)22-12-6-2-7-13-22)28-18-19-30-27(32)17-16-25(29-30)23-14-8-3-9-15-23/h1-17,24H,18-20H2,(H,28,31). The molecule has 0 saturated heterocycles. The minimum atomic E-state index is -0.189. The Kier molecular flexibility index (Phi) is 6.88. The first-order chi connectivity index (χ1) is 15.7. The monoisotopic (exact) mass is 423 g/mol. The molecule has 5 heteroatoms. The van der Waals surface area contributed by atoms with Crippen molar-refractivity contribution in [3.05, 3.63) is 125 Å². The van der Waals surface area contributed by atoms with Crippen molar-refractivity contribution in [3.8, 4) is 11.3 Å². The first-order valence-electron chi connectivity index (χ1n) is 10.7. The molecule has 1 amide bonds. The van der Waals surface area contributed by atoms with Crippen LogP contribution in [0.3, 0.4) is 0 Å². The zero-order valence-electron chi connectivity index (χ0n) is 17.7. The molecule has 0 unspecified atom stereocenters. The number of nitrogens with one attached hydrogen (secondary N) is 1. The molecule has 32 heavy (non-hydrogen) atoms. The summed E-state index contributed by atoms with van der Waals surface area (Å²) < 4.78 is 1.40. The molecule has 0 saturated carbocycles. The third-order valence-corrected chi connectivity index (χ3v) is 5.38. The van der Waals surface area contributed by atoms with Crippen molar-refractivity contribution in [3.63, 3.8) is 0 Å². The summed E-state index contributed by atoms with van der Waals surface area (Å²) in [6.07, 6.45) is 0.334. The predicted molar refractivity (Wildman–Crippen MR) is 126 cm³/mol. The van der Waals surface area contributed by atoms with E-state index in [1.54, 1.807) is 6.07 Å². The molecular weight excluding hydrogens is 398 g/mol. The van der Waals surface area contributed by atoms with Crippen molar-refractivity contribution in [2.24, 2.45) is 0 Å². The number of carbonyl (C=O) groups is 1. The Morgan fingerprint density at radius 2 is 1.34 bits per heavy atom. The Bertz CT molecular complexity index is 1170. The van der Waals surface area contributed by atoms with Crippen LogP contribution in [-0.2, 0) is 11.3 Å². The van der Waals surface area contributed by atoms with Crippen LogP contribution >= 0.6 is 0 Å². The molecule has 1 aromatic heterocycles. The lowest BCUT2D eigenvalue weighted by Crippen LogP contribution is -2.32. The molecule has 0 fully saturated rings. The molecule has 0 aliphatic carbocycles. The van der Waals surface area contributed by atoms with Gasteiger partial charge in [0.1, 0.15) is 0 Å². The van der Waals surface area contributed by atoms with Crippen LogP contribution in [0.1, 0.15) is 23.5 Å². The Morgan fingerprint density at radius 1 is 0.781 bits per heavy atom. The molecule has 1 N–H and O–H groups in total. The van der Waals surface area contributed by atoms with Crippen molar-refractivity contribution in [1.82, 2.24) is 15.1 Å². The second-order valence-corrected chi connectivity index (χ2v) is 7.57. The summed E-state index contributed by atoms with van der Waals surface area (Å²) in [5.74, 6) is -0.0883. The highest BCUT2D eigenvalue weighted by Crippen LogP contribution is 2.27. The van der Waals surface area contributed by atoms with Crippen LogP contribution in [0, 0.1) is 0 Å². The lowest BCUT2D eigenvalue weighted by molar-refractivity contribution is -0.121. The van der Waals surface area contributed by atoms with E-state index in [-0.39, 0.29) is 17.4 Å². The molecule has 0 aliphatic rings. The van der Waals surface area contributed by atoms with Crippen LogP contribution in [0.25, 0.3) is 11.3 Å². The van der Waals surface area contributed by atoms with Crippen LogP contribution in [-0.4, -0.2) is 22.2 Å². The first-order valence-corrected chi connectivity index (χ1v) is 10.7. The van der Waals surface area contributed by atoms with Crippen molar-refractivity contribution in [2.75, 3.05) is 6.54 Å². The summed E-state index contributed by atoms with van der Waals surface area (Å²) >= 11 is 0. The number of hydrogen-bond acceptors (Lipinski definition) is 3. The third kappa shape index (κ3) is 5.38. The molecule has 3 aromatic carbocycles. The van der Waals surface area contributed by atoms with Gasteiger partial charge in [-0.05, 0) is 17.2 Å². The number of carbonyl (C=O) groups excluding carboxylic acids is 1. The fourth-order valence-electron chi connectivity index (χ4n) is 3.73. The van der Waals surface area contributed by atoms with Gasteiger partial charge in [-0.15, -0.1) is 0 Å². The van der Waals surface area contributed by atoms with Crippen molar-refractivity contribution < 1.29 is 4.79 Å². The Morgan fingerprint density at radius 3 is 1.94 bits per heavy atom. The largest absolute Gasteiger partial charge is 0.354 e. The van der Waals surface area contributed by atoms with E-state index in [2.05, 4.69) is 10.4 Å². The van der Waals surface area contributed by atoms with Crippen LogP contribution in [0.4, 0.5) is 0 Å². The van der Waals surface area contributed by atoms with Gasteiger partial charge in [-0.3, -0.25) is 9.59 Å². The summed E-state index contributed by atoms with van der Waals surface area (Å²) in [5, 5.41) is 7.40. The summed E-state index contributed by atoms with van der Waals surface area (Å²) in [4.78, 5) is 25.0. The fourth-order valence-corrected chi connectivity index (χ4v) is 3.73. The molecule has 0 spiro atoms. The molecule has 0 bridgehead atoms. The van der Waals surface area contributed by atoms with Crippen LogP contribution in [0.15, 0.2) is 108 Å². The van der Waals surface area contributed by atoms with Crippen LogP contribution in [0.2, 0.25) is 0 Å². The molecule has 5 nitrogen and oxygen atoms in total. The van der Waals surface area contributed by atoms with E-state index in [1.165, 1.54) is 10.7 Å². The Labute approximate surface area is 187 Å². The zero-order chi connectivity index (χ0) is 22.2. The van der Waals surface area contributed by atoms with Crippen LogP contribution in [0.5, 0.6) is 0 Å². The van der Waals surface area contributed by atoms with Gasteiger partial charge in [0.25, 0.3) is 5.56 Å². The number of hydrogen-bond donors (Lipinski definition) is 1. The quantitative estimate of drug-likeness (QED) is 0.461. The third-order valence-electron chi connectivity index (χ3n) is 5.38. The summed E-state index contributed by atoms with van der Waals surface area (Å²) in [7, 11) is 0. The van der Waals surface area contributed by atoms with Crippen molar-refractivity contribution in [1.29, 1.82) is 0 Å². The number of amides is 1. The van der Waals surface area contributed by atoms with Crippen molar-refractivity contribution in [2.45, 2.75) is 18.9 Å². The highest BCUT2D eigenvalue weighted by Gasteiger charge is 2.18. The van der Waals surface area contributed by atoms with E-state index in [0.29, 0.717) is 19.5 Å². The van der Waals surface area contributed by atoms with E-state index >= 15 is 0 Å². The number of aromatic nitrogens is 2. The predicted octanol–water partition coefficient (Wildman–Crippen LogP) is 4.25. The van der Waals surface area contributed by atoms with Gasteiger partial charge in [0, 0.05) is 30.5 Å². The second kappa shape index (κ2) is 10.4. The minimum absolute atomic E-state index is 0.0281. The number of benzene rings is 3. The number of nitrogens with zero attached hydrogens (tertiary/aromatic N) is 2. The maximum Gasteiger partial charge on any atom is 0.266 e. The highest BCUT2D eigenvalue weighted by molar-refractivity contribution is 5.77. The van der Waals surface area contributed by atoms with E-state index in [9.17, 15) is 9.59 Å². The number of rotatable bonds is 8. The van der Waals surface area contributed by atoms with Gasteiger partial charge in [-0.1, -0.05) is 91.0 Å². The summed E-state index contributed by atoms with van der Waals surface area (Å²) in [6.45, 7) is 0.646. The van der Waals surface area contributed by atoms with Gasteiger partial charge in [-0.25, -0.2) is 4.68 Å². The van der Waals surface area contributed by atoms with Gasteiger partial charge in [-0.2, -0.15) is 5.10 Å². The summed E-state index contributed by atoms with van der Waals surface area (Å²) in [6, 6.07) is 33.0. The van der Waals surface area contributed by atoms with E-state index in [0.717, 1.165) is 22.4 Å². The highest BCUT2D eigenvalue weighted by atomic mass is 16.1. The fraction of sp³-hybridized carbons (Fsp3) is 0.148. The first kappa shape index (κ1) is 21.2. The van der Waals surface area contributed by atoms with Crippen molar-refractivity contribution >= 4 is 5.91 Å². The molecule has 0 atom stereocenters. The summed E-state index contributed by atoms with van der Waals surface area (Å²) in [5.41, 5.74) is 3.68.